The molecule has 4 rings (SSSR count). The number of nitriles is 1. The summed E-state index contributed by atoms with van der Waals surface area (Å²) in [7, 11) is 0. The lowest BCUT2D eigenvalue weighted by atomic mass is 9.99. The van der Waals surface area contributed by atoms with E-state index in [9.17, 15) is 4.79 Å². The number of ether oxygens (including phenoxy) is 1. The van der Waals surface area contributed by atoms with Gasteiger partial charge in [0.05, 0.1) is 11.6 Å². The van der Waals surface area contributed by atoms with E-state index in [1.165, 1.54) is 16.7 Å². The smallest absolute Gasteiger partial charge is 0.388 e. The molecule has 1 fully saturated rings. The molecule has 27 heavy (non-hydrogen) atoms. The molecule has 0 saturated carbocycles. The summed E-state index contributed by atoms with van der Waals surface area (Å²) in [6.07, 6.45) is 9.84. The molecule has 4 heterocycles. The zero-order valence-corrected chi connectivity index (χ0v) is 15.1. The van der Waals surface area contributed by atoms with Gasteiger partial charge < -0.3 is 14.1 Å². The Morgan fingerprint density at radius 3 is 2.93 bits per heavy atom. The van der Waals surface area contributed by atoms with Crippen molar-refractivity contribution in [2.45, 2.75) is 12.8 Å². The van der Waals surface area contributed by atoms with Gasteiger partial charge in [-0.1, -0.05) is 35.1 Å². The number of hydrogen-bond donors (Lipinski definition) is 0. The second-order valence-electron chi connectivity index (χ2n) is 6.05. The van der Waals surface area contributed by atoms with Gasteiger partial charge in [0, 0.05) is 30.8 Å². The molecular formula is C18H15N5O3S. The Morgan fingerprint density at radius 1 is 1.30 bits per heavy atom. The van der Waals surface area contributed by atoms with Crippen molar-refractivity contribution in [2.24, 2.45) is 10.9 Å². The van der Waals surface area contributed by atoms with Crippen LogP contribution in [0, 0.1) is 17.2 Å². The molecule has 1 amide bonds. The lowest BCUT2D eigenvalue weighted by Gasteiger charge is -2.27. The summed E-state index contributed by atoms with van der Waals surface area (Å²) in [6.45, 7) is 0.953. The number of aromatic nitrogens is 2. The molecule has 0 spiro atoms. The van der Waals surface area contributed by atoms with Crippen LogP contribution in [0.25, 0.3) is 5.57 Å². The summed E-state index contributed by atoms with van der Waals surface area (Å²) in [5, 5.41) is 19.5. The Hall–Kier alpha value is -3.12. The first-order valence-electron chi connectivity index (χ1n) is 8.43. The summed E-state index contributed by atoms with van der Waals surface area (Å²) in [6, 6.07) is 2.22. The molecule has 1 saturated heterocycles. The SMILES string of the molecule is N#CC1CCN(C(=O)Oc2nnc(C3=CN=C4SC=CC=C4C=C3)o2)CC1. The highest BCUT2D eigenvalue weighted by Crippen LogP contribution is 2.27. The van der Waals surface area contributed by atoms with Gasteiger partial charge in [-0.3, -0.25) is 0 Å². The Morgan fingerprint density at radius 2 is 2.11 bits per heavy atom. The average Bonchev–Trinajstić information content (AvgIpc) is 3.06. The first-order chi connectivity index (χ1) is 13.2. The number of amides is 1. The van der Waals surface area contributed by atoms with Crippen LogP contribution in [0.15, 0.2) is 50.9 Å². The third-order valence-electron chi connectivity index (χ3n) is 4.31. The van der Waals surface area contributed by atoms with E-state index in [-0.39, 0.29) is 17.9 Å². The summed E-state index contributed by atoms with van der Waals surface area (Å²) >= 11 is 1.53. The van der Waals surface area contributed by atoms with E-state index in [1.54, 1.807) is 6.20 Å². The van der Waals surface area contributed by atoms with Gasteiger partial charge in [0.25, 0.3) is 5.89 Å². The third-order valence-corrected chi connectivity index (χ3v) is 5.17. The van der Waals surface area contributed by atoms with Crippen molar-refractivity contribution >= 4 is 28.5 Å². The van der Waals surface area contributed by atoms with Crippen LogP contribution >= 0.6 is 11.8 Å². The number of nitrogens with zero attached hydrogens (tertiary/aromatic N) is 5. The van der Waals surface area contributed by atoms with Crippen LogP contribution in [-0.2, 0) is 0 Å². The molecule has 8 nitrogen and oxygen atoms in total. The van der Waals surface area contributed by atoms with Crippen LogP contribution in [0.5, 0.6) is 6.08 Å². The van der Waals surface area contributed by atoms with Crippen molar-refractivity contribution in [2.75, 3.05) is 13.1 Å². The number of allylic oxidation sites excluding steroid dienone is 5. The fraction of sp³-hybridized carbons (Fsp3) is 0.278. The molecule has 1 aromatic rings. The molecule has 3 aliphatic rings. The summed E-state index contributed by atoms with van der Waals surface area (Å²) in [5.41, 5.74) is 1.63. The van der Waals surface area contributed by atoms with E-state index in [1.807, 2.05) is 29.7 Å². The molecule has 0 radical (unpaired) electrons. The number of carbonyl (C=O) groups excluding carboxylic acids is 1. The first-order valence-corrected chi connectivity index (χ1v) is 9.31. The topological polar surface area (TPSA) is 105 Å². The van der Waals surface area contributed by atoms with Crippen molar-refractivity contribution in [3.05, 3.63) is 47.4 Å². The van der Waals surface area contributed by atoms with Gasteiger partial charge in [-0.2, -0.15) is 5.26 Å². The molecule has 1 aromatic heterocycles. The van der Waals surface area contributed by atoms with Crippen LogP contribution < -0.4 is 4.74 Å². The van der Waals surface area contributed by atoms with Crippen LogP contribution in [0.2, 0.25) is 0 Å². The monoisotopic (exact) mass is 381 g/mol. The van der Waals surface area contributed by atoms with Crippen LogP contribution in [0.3, 0.4) is 0 Å². The molecule has 9 heteroatoms. The van der Waals surface area contributed by atoms with Gasteiger partial charge in [0.15, 0.2) is 0 Å². The largest absolute Gasteiger partial charge is 0.424 e. The predicted octanol–water partition coefficient (Wildman–Crippen LogP) is 3.30. The fourth-order valence-corrected chi connectivity index (χ4v) is 3.46. The molecule has 0 bridgehead atoms. The number of piperidine rings is 1. The second kappa shape index (κ2) is 7.63. The molecule has 136 valence electrons. The van der Waals surface area contributed by atoms with E-state index < -0.39 is 6.09 Å². The van der Waals surface area contributed by atoms with Crippen molar-refractivity contribution < 1.29 is 13.9 Å². The second-order valence-corrected chi connectivity index (χ2v) is 6.95. The molecule has 0 unspecified atom stereocenters. The first kappa shape index (κ1) is 17.3. The van der Waals surface area contributed by atoms with Gasteiger partial charge >= 0.3 is 12.2 Å². The molecule has 0 N–H and O–H groups in total. The van der Waals surface area contributed by atoms with Gasteiger partial charge in [-0.25, -0.2) is 9.79 Å². The Bertz CT molecular complexity index is 942. The number of carbonyl (C=O) groups is 1. The molecule has 0 aromatic carbocycles. The van der Waals surface area contributed by atoms with Gasteiger partial charge in [-0.05, 0) is 24.3 Å². The van der Waals surface area contributed by atoms with E-state index in [0.717, 1.165) is 10.6 Å². The van der Waals surface area contributed by atoms with E-state index in [2.05, 4.69) is 21.3 Å². The van der Waals surface area contributed by atoms with Crippen LogP contribution in [-0.4, -0.2) is 39.3 Å². The minimum absolute atomic E-state index is 0.00758. The number of likely N-dealkylation sites (tertiary alicyclic amines) is 1. The maximum absolute atomic E-state index is 12.2. The van der Waals surface area contributed by atoms with E-state index in [4.69, 9.17) is 14.4 Å². The molecule has 3 aliphatic heterocycles. The highest BCUT2D eigenvalue weighted by Gasteiger charge is 2.25. The van der Waals surface area contributed by atoms with Crippen molar-refractivity contribution in [3.63, 3.8) is 0 Å². The minimum atomic E-state index is -0.550. The van der Waals surface area contributed by atoms with Crippen molar-refractivity contribution in [1.82, 2.24) is 15.1 Å². The molecular weight excluding hydrogens is 366 g/mol. The Labute approximate surface area is 159 Å². The zero-order valence-electron chi connectivity index (χ0n) is 14.2. The number of hydrogen-bond acceptors (Lipinski definition) is 8. The van der Waals surface area contributed by atoms with Gasteiger partial charge in [-0.15, -0.1) is 5.10 Å². The van der Waals surface area contributed by atoms with Crippen LogP contribution in [0.1, 0.15) is 18.7 Å². The lowest BCUT2D eigenvalue weighted by Crippen LogP contribution is -2.39. The predicted molar refractivity (Wildman–Crippen MR) is 99.6 cm³/mol. The number of aliphatic imine (C=N–C) groups is 1. The fourth-order valence-electron chi connectivity index (χ4n) is 2.79. The van der Waals surface area contributed by atoms with Crippen molar-refractivity contribution in [3.8, 4) is 12.1 Å². The summed E-state index contributed by atoms with van der Waals surface area (Å²) in [4.78, 5) is 18.2. The number of fused-ring (bicyclic) bond motifs is 1. The zero-order chi connectivity index (χ0) is 18.6. The van der Waals surface area contributed by atoms with E-state index in [0.29, 0.717) is 31.5 Å². The van der Waals surface area contributed by atoms with Gasteiger partial charge in [0.2, 0.25) is 0 Å². The highest BCUT2D eigenvalue weighted by atomic mass is 32.2. The maximum Gasteiger partial charge on any atom is 0.424 e. The Kier molecular flexibility index (Phi) is 4.89. The highest BCUT2D eigenvalue weighted by molar-refractivity contribution is 8.17. The maximum atomic E-state index is 12.2. The lowest BCUT2D eigenvalue weighted by molar-refractivity contribution is 0.124. The average molecular weight is 381 g/mol. The Balaban J connectivity index is 1.42. The quantitative estimate of drug-likeness (QED) is 0.774. The molecule has 0 aliphatic carbocycles. The van der Waals surface area contributed by atoms with Gasteiger partial charge in [0.1, 0.15) is 5.04 Å². The summed E-state index contributed by atoms with van der Waals surface area (Å²) < 4.78 is 10.6. The summed E-state index contributed by atoms with van der Waals surface area (Å²) in [5.74, 6) is 0.214. The normalized spacial score (nSPS) is 19.4. The van der Waals surface area contributed by atoms with Crippen LogP contribution in [0.4, 0.5) is 4.79 Å². The molecule has 0 atom stereocenters. The number of rotatable bonds is 2. The van der Waals surface area contributed by atoms with E-state index >= 15 is 0 Å². The third kappa shape index (κ3) is 3.85. The van der Waals surface area contributed by atoms with Crippen molar-refractivity contribution in [1.29, 1.82) is 5.26 Å². The minimum Gasteiger partial charge on any atom is -0.388 e. The number of thioether (sulfide) groups is 1. The standard InChI is InChI=1S/C18H15N5O3S/c19-10-12-5-7-23(8-6-12)18(24)26-17-22-21-15(25-17)14-4-3-13-2-1-9-27-16(13)20-11-14/h1-4,9,11-12H,5-8H2.